The van der Waals surface area contributed by atoms with Crippen molar-refractivity contribution in [2.24, 2.45) is 0 Å². The van der Waals surface area contributed by atoms with E-state index in [1.807, 2.05) is 0 Å². The summed E-state index contributed by atoms with van der Waals surface area (Å²) in [6.45, 7) is 0.294. The molecule has 0 aliphatic carbocycles. The van der Waals surface area contributed by atoms with Crippen LogP contribution < -0.4 is 20.8 Å². The van der Waals surface area contributed by atoms with Gasteiger partial charge in [-0.3, -0.25) is 0 Å². The van der Waals surface area contributed by atoms with Gasteiger partial charge in [-0.15, -0.1) is 0 Å². The molecule has 2 N–H and O–H groups in total. The maximum Gasteiger partial charge on any atom is 2.00 e. The summed E-state index contributed by atoms with van der Waals surface area (Å²) in [7, 11) is 0. The summed E-state index contributed by atoms with van der Waals surface area (Å²) >= 11 is 0. The molecule has 0 saturated heterocycles. The van der Waals surface area contributed by atoms with Crippen LogP contribution in [0.2, 0.25) is 0 Å². The van der Waals surface area contributed by atoms with E-state index in [-0.39, 0.29) is 40.8 Å². The van der Waals surface area contributed by atoms with E-state index in [9.17, 15) is 19.8 Å². The van der Waals surface area contributed by atoms with Gasteiger partial charge in [-0.1, -0.05) is 0 Å². The Morgan fingerprint density at radius 2 is 1.23 bits per heavy atom. The smallest absolute Gasteiger partial charge is 0.549 e. The molecule has 0 aromatic rings. The van der Waals surface area contributed by atoms with Gasteiger partial charge in [0.2, 0.25) is 0 Å². The Morgan fingerprint density at radius 1 is 0.923 bits per heavy atom. The Labute approximate surface area is 96.2 Å². The van der Waals surface area contributed by atoms with Crippen LogP contribution in [-0.2, 0) is 37.3 Å². The van der Waals surface area contributed by atoms with Crippen molar-refractivity contribution in [2.45, 2.75) is 0 Å². The van der Waals surface area contributed by atoms with Crippen molar-refractivity contribution in [1.29, 1.82) is 0 Å². The van der Waals surface area contributed by atoms with Crippen molar-refractivity contribution in [2.75, 3.05) is 26.2 Å². The molecule has 7 heteroatoms. The first-order valence-electron chi connectivity index (χ1n) is 3.44. The molecule has 70 valence electrons. The Kier molecular flexibility index (Phi) is 11.6. The molecule has 0 amide bonds. The Hall–Kier alpha value is -0.205. The van der Waals surface area contributed by atoms with Gasteiger partial charge in [-0.2, -0.15) is 0 Å². The van der Waals surface area contributed by atoms with E-state index in [1.54, 1.807) is 0 Å². The molecule has 0 aromatic heterocycles. The number of hydrogen-bond donors (Lipinski definition) is 2. The molecule has 0 heterocycles. The van der Waals surface area contributed by atoms with Gasteiger partial charge in [0.25, 0.3) is 0 Å². The molecule has 0 bridgehead atoms. The van der Waals surface area contributed by atoms with Gasteiger partial charge in [0.15, 0.2) is 0 Å². The van der Waals surface area contributed by atoms with Crippen LogP contribution in [0.5, 0.6) is 0 Å². The van der Waals surface area contributed by atoms with E-state index in [0.717, 1.165) is 0 Å². The van der Waals surface area contributed by atoms with E-state index in [1.165, 1.54) is 0 Å². The topological polar surface area (TPSA) is 104 Å². The minimum Gasteiger partial charge on any atom is -0.549 e. The quantitative estimate of drug-likeness (QED) is 0.345. The standard InChI is InChI=1S/C6H12N2O4.Hg/c9-5(10)3-7-1-2-8-4-6(11)12;/h7-8H,1-4H2,(H,9,10)(H,11,12);/q;+2/p-2. The normalized spacial score (nSPS) is 8.92. The van der Waals surface area contributed by atoms with E-state index < -0.39 is 11.9 Å². The van der Waals surface area contributed by atoms with E-state index >= 15 is 0 Å². The van der Waals surface area contributed by atoms with Crippen LogP contribution in [0.4, 0.5) is 0 Å². The molecule has 0 aromatic carbocycles. The number of hydrogen-bond acceptors (Lipinski definition) is 6. The third-order valence-corrected chi connectivity index (χ3v) is 1.02. The van der Waals surface area contributed by atoms with Crippen LogP contribution >= 0.6 is 0 Å². The first kappa shape index (κ1) is 15.3. The third kappa shape index (κ3) is 14.6. The Morgan fingerprint density at radius 3 is 1.46 bits per heavy atom. The van der Waals surface area contributed by atoms with Gasteiger partial charge in [-0.05, 0) is 0 Å². The maximum absolute atomic E-state index is 9.84. The third-order valence-electron chi connectivity index (χ3n) is 1.02. The minimum absolute atomic E-state index is 0. The molecule has 0 atom stereocenters. The first-order valence-corrected chi connectivity index (χ1v) is 3.44. The average molecular weight is 375 g/mol. The first-order chi connectivity index (χ1) is 5.63. The van der Waals surface area contributed by atoms with Crippen molar-refractivity contribution in [1.82, 2.24) is 10.6 Å². The molecule has 0 unspecified atom stereocenters. The monoisotopic (exact) mass is 376 g/mol. The summed E-state index contributed by atoms with van der Waals surface area (Å²) in [5.41, 5.74) is 0. The van der Waals surface area contributed by atoms with Crippen LogP contribution in [0.25, 0.3) is 0 Å². The van der Waals surface area contributed by atoms with Crippen molar-refractivity contribution in [3.63, 3.8) is 0 Å². The van der Waals surface area contributed by atoms with Crippen LogP contribution in [0, 0.1) is 0 Å². The molecule has 0 saturated carbocycles. The SMILES string of the molecule is O=C([O-])CNCCNCC(=O)[O-].[Hg+2]. The van der Waals surface area contributed by atoms with Crippen molar-refractivity contribution in [3.05, 3.63) is 0 Å². The zero-order valence-corrected chi connectivity index (χ0v) is 12.7. The average Bonchev–Trinajstić information content (AvgIpc) is 1.95. The summed E-state index contributed by atoms with van der Waals surface area (Å²) in [4.78, 5) is 19.7. The molecule has 0 aliphatic heterocycles. The largest absolute Gasteiger partial charge is 2.00 e. The summed E-state index contributed by atoms with van der Waals surface area (Å²) in [5.74, 6) is -2.37. The number of carbonyl (C=O) groups excluding carboxylic acids is 2. The second kappa shape index (κ2) is 9.88. The van der Waals surface area contributed by atoms with Crippen LogP contribution in [0.3, 0.4) is 0 Å². The zero-order valence-electron chi connectivity index (χ0n) is 7.17. The van der Waals surface area contributed by atoms with Crippen molar-refractivity contribution < 1.29 is 47.5 Å². The zero-order chi connectivity index (χ0) is 9.40. The fourth-order valence-electron chi connectivity index (χ4n) is 0.558. The van der Waals surface area contributed by atoms with Crippen molar-refractivity contribution in [3.8, 4) is 0 Å². The predicted molar refractivity (Wildman–Crippen MR) is 35.8 cm³/mol. The summed E-state index contributed by atoms with van der Waals surface area (Å²) < 4.78 is 0. The summed E-state index contributed by atoms with van der Waals surface area (Å²) in [5, 5.41) is 24.7. The van der Waals surface area contributed by atoms with Crippen LogP contribution in [0.15, 0.2) is 0 Å². The van der Waals surface area contributed by atoms with Gasteiger partial charge in [0.05, 0.1) is 11.9 Å². The number of carboxylic acids is 2. The number of carbonyl (C=O) groups is 2. The second-order valence-electron chi connectivity index (χ2n) is 2.10. The minimum atomic E-state index is -1.19. The number of aliphatic carboxylic acids is 2. The fourth-order valence-corrected chi connectivity index (χ4v) is 0.558. The number of carboxylic acid groups (broad SMARTS) is 2. The number of rotatable bonds is 7. The predicted octanol–water partition coefficient (Wildman–Crippen LogP) is -4.34. The fraction of sp³-hybridized carbons (Fsp3) is 0.667. The summed E-state index contributed by atoms with van der Waals surface area (Å²) in [6.07, 6.45) is 0. The molecule has 13 heavy (non-hydrogen) atoms. The van der Waals surface area contributed by atoms with Gasteiger partial charge >= 0.3 is 27.7 Å². The maximum atomic E-state index is 9.84. The molecule has 0 rings (SSSR count). The molecular formula is C6H10HgN2O4. The molecular weight excluding hydrogens is 365 g/mol. The Balaban J connectivity index is 0. The molecule has 0 fully saturated rings. The molecule has 0 spiro atoms. The Bertz CT molecular complexity index is 147. The van der Waals surface area contributed by atoms with Crippen molar-refractivity contribution >= 4 is 11.9 Å². The molecule has 6 nitrogen and oxygen atoms in total. The van der Waals surface area contributed by atoms with Gasteiger partial charge in [0.1, 0.15) is 0 Å². The molecule has 0 aliphatic rings. The van der Waals surface area contributed by atoms with Crippen LogP contribution in [-0.4, -0.2) is 38.1 Å². The van der Waals surface area contributed by atoms with Gasteiger partial charge in [0, 0.05) is 26.2 Å². The van der Waals surface area contributed by atoms with Gasteiger partial charge in [-0.25, -0.2) is 0 Å². The summed E-state index contributed by atoms with van der Waals surface area (Å²) in [6, 6.07) is 0. The van der Waals surface area contributed by atoms with Gasteiger partial charge < -0.3 is 30.4 Å². The van der Waals surface area contributed by atoms with E-state index in [4.69, 9.17) is 0 Å². The van der Waals surface area contributed by atoms with Crippen LogP contribution in [0.1, 0.15) is 0 Å². The molecule has 0 radical (unpaired) electrons. The van der Waals surface area contributed by atoms with E-state index in [2.05, 4.69) is 10.6 Å². The van der Waals surface area contributed by atoms with E-state index in [0.29, 0.717) is 13.1 Å². The number of nitrogens with one attached hydrogen (secondary N) is 2. The second-order valence-corrected chi connectivity index (χ2v) is 2.10.